The van der Waals surface area contributed by atoms with Crippen LogP contribution in [0.5, 0.6) is 0 Å². The number of hydrogen-bond donors (Lipinski definition) is 1. The summed E-state index contributed by atoms with van der Waals surface area (Å²) in [5.74, 6) is -0.0602. The number of carbonyl (C=O) groups is 1. The normalized spacial score (nSPS) is 16.9. The molecule has 1 aliphatic rings. The maximum Gasteiger partial charge on any atom is 0.416 e. The van der Waals surface area contributed by atoms with Crippen molar-refractivity contribution in [2.75, 3.05) is 6.54 Å². The largest absolute Gasteiger partial charge is 0.416 e. The first-order valence-corrected chi connectivity index (χ1v) is 5.78. The summed E-state index contributed by atoms with van der Waals surface area (Å²) in [5.41, 5.74) is 3.57. The van der Waals surface area contributed by atoms with Crippen molar-refractivity contribution in [1.29, 1.82) is 0 Å². The van der Waals surface area contributed by atoms with Crippen molar-refractivity contribution in [3.8, 4) is 0 Å². The molecule has 1 N–H and O–H groups in total. The zero-order valence-electron chi connectivity index (χ0n) is 9.80. The van der Waals surface area contributed by atoms with E-state index in [1.54, 1.807) is 0 Å². The Morgan fingerprint density at radius 2 is 1.90 bits per heavy atom. The quantitative estimate of drug-likeness (QED) is 0.927. The van der Waals surface area contributed by atoms with Gasteiger partial charge in [0.05, 0.1) is 6.54 Å². The van der Waals surface area contributed by atoms with Gasteiger partial charge >= 0.3 is 12.2 Å². The molecule has 2 rings (SSSR count). The number of benzene rings is 1. The summed E-state index contributed by atoms with van der Waals surface area (Å²) >= 11 is 5.69. The van der Waals surface area contributed by atoms with E-state index in [1.807, 2.05) is 0 Å². The number of nitrogens with zero attached hydrogens (tertiary/aromatic N) is 3. The van der Waals surface area contributed by atoms with Crippen LogP contribution in [0.15, 0.2) is 29.4 Å². The zero-order chi connectivity index (χ0) is 14.9. The molecule has 20 heavy (non-hydrogen) atoms. The number of carbonyl (C=O) groups excluding carboxylic acids is 1. The number of aliphatic hydroxyl groups is 1. The lowest BCUT2D eigenvalue weighted by Gasteiger charge is -2.21. The van der Waals surface area contributed by atoms with Crippen molar-refractivity contribution in [3.05, 3.63) is 34.9 Å². The summed E-state index contributed by atoms with van der Waals surface area (Å²) in [6.45, 7) is -0.965. The number of aliphatic hydroxyl groups excluding tert-OH is 1. The van der Waals surface area contributed by atoms with Gasteiger partial charge in [-0.05, 0) is 24.3 Å². The lowest BCUT2D eigenvalue weighted by molar-refractivity contribution is -0.204. The monoisotopic (exact) mass is 306 g/mol. The second-order valence-electron chi connectivity index (χ2n) is 3.98. The Kier molecular flexibility index (Phi) is 3.87. The lowest BCUT2D eigenvalue weighted by atomic mass is 10.2. The molecule has 0 fully saturated rings. The Bertz CT molecular complexity index is 545. The van der Waals surface area contributed by atoms with Gasteiger partial charge in [-0.1, -0.05) is 17.0 Å². The van der Waals surface area contributed by atoms with Crippen molar-refractivity contribution >= 4 is 23.5 Å². The van der Waals surface area contributed by atoms with Crippen LogP contribution in [0, 0.1) is 0 Å². The number of alkyl halides is 3. The van der Waals surface area contributed by atoms with Crippen LogP contribution in [-0.4, -0.2) is 40.7 Å². The molecule has 1 radical (unpaired) electrons. The van der Waals surface area contributed by atoms with Gasteiger partial charge in [0.15, 0.2) is 11.9 Å². The molecule has 0 aliphatic carbocycles. The van der Waals surface area contributed by atoms with Gasteiger partial charge in [0, 0.05) is 10.6 Å². The van der Waals surface area contributed by atoms with E-state index in [0.29, 0.717) is 15.5 Å². The van der Waals surface area contributed by atoms with Crippen LogP contribution in [-0.2, 0) is 0 Å². The van der Waals surface area contributed by atoms with Crippen LogP contribution in [0.1, 0.15) is 5.56 Å². The van der Waals surface area contributed by atoms with Gasteiger partial charge in [-0.3, -0.25) is 4.90 Å². The minimum absolute atomic E-state index is 0.0602. The van der Waals surface area contributed by atoms with Crippen LogP contribution in [0.4, 0.5) is 18.0 Å². The molecule has 0 saturated heterocycles. The minimum atomic E-state index is -4.83. The van der Waals surface area contributed by atoms with Crippen molar-refractivity contribution < 1.29 is 23.1 Å². The van der Waals surface area contributed by atoms with E-state index in [2.05, 4.69) is 10.5 Å². The van der Waals surface area contributed by atoms with Gasteiger partial charge in [0.2, 0.25) is 0 Å². The van der Waals surface area contributed by atoms with Crippen LogP contribution < -0.4 is 5.43 Å². The number of hydrogen-bond acceptors (Lipinski definition) is 3. The third-order valence-corrected chi connectivity index (χ3v) is 2.80. The molecule has 1 heterocycles. The molecule has 1 atom stereocenters. The number of amides is 2. The Labute approximate surface area is 116 Å². The topological polar surface area (TPSA) is 67.0 Å². The van der Waals surface area contributed by atoms with Gasteiger partial charge in [-0.2, -0.15) is 13.2 Å². The number of β-amino-alcohol motifs (C(OH)–C–C–N with tert-alkyl or cyclic N) is 1. The number of amidine groups is 1. The van der Waals surface area contributed by atoms with E-state index in [1.165, 1.54) is 24.3 Å². The molecule has 0 unspecified atom stereocenters. The molecule has 2 amide bonds. The van der Waals surface area contributed by atoms with Gasteiger partial charge < -0.3 is 5.11 Å². The number of rotatable bonds is 3. The van der Waals surface area contributed by atoms with Gasteiger partial charge in [-0.25, -0.2) is 4.79 Å². The van der Waals surface area contributed by atoms with Crippen molar-refractivity contribution in [2.45, 2.75) is 12.3 Å². The smallest absolute Gasteiger partial charge is 0.382 e. The highest BCUT2D eigenvalue weighted by atomic mass is 35.5. The average molecular weight is 307 g/mol. The van der Waals surface area contributed by atoms with Crippen LogP contribution in [0.25, 0.3) is 0 Å². The van der Waals surface area contributed by atoms with Gasteiger partial charge in [-0.15, -0.1) is 5.10 Å². The van der Waals surface area contributed by atoms with Crippen LogP contribution in [0.2, 0.25) is 5.02 Å². The Morgan fingerprint density at radius 3 is 2.45 bits per heavy atom. The fourth-order valence-corrected chi connectivity index (χ4v) is 1.67. The summed E-state index contributed by atoms with van der Waals surface area (Å²) in [5, 5.41) is 13.0. The molecular formula is C11H8ClF3N3O2. The second kappa shape index (κ2) is 5.29. The van der Waals surface area contributed by atoms with E-state index in [9.17, 15) is 18.0 Å². The minimum Gasteiger partial charge on any atom is -0.382 e. The number of halogens is 4. The maximum atomic E-state index is 12.3. The van der Waals surface area contributed by atoms with Crippen molar-refractivity contribution in [1.82, 2.24) is 10.3 Å². The Morgan fingerprint density at radius 1 is 1.30 bits per heavy atom. The summed E-state index contributed by atoms with van der Waals surface area (Å²) in [6.07, 6.45) is -7.49. The van der Waals surface area contributed by atoms with Crippen molar-refractivity contribution in [3.63, 3.8) is 0 Å². The predicted molar refractivity (Wildman–Crippen MR) is 64.3 cm³/mol. The first-order chi connectivity index (χ1) is 9.29. The molecule has 1 aliphatic heterocycles. The first kappa shape index (κ1) is 14.6. The summed E-state index contributed by atoms with van der Waals surface area (Å²) < 4.78 is 37.0. The molecule has 0 bridgehead atoms. The summed E-state index contributed by atoms with van der Waals surface area (Å²) in [6, 6.07) is 5.02. The third kappa shape index (κ3) is 3.02. The lowest BCUT2D eigenvalue weighted by Crippen LogP contribution is -2.44. The fourth-order valence-electron chi connectivity index (χ4n) is 1.54. The second-order valence-corrected chi connectivity index (χ2v) is 4.42. The van der Waals surface area contributed by atoms with E-state index < -0.39 is 24.9 Å². The Balaban J connectivity index is 2.21. The molecule has 5 nitrogen and oxygen atoms in total. The van der Waals surface area contributed by atoms with Crippen LogP contribution >= 0.6 is 11.6 Å². The average Bonchev–Trinajstić information content (AvgIpc) is 2.71. The van der Waals surface area contributed by atoms with Crippen molar-refractivity contribution in [2.24, 2.45) is 5.10 Å². The molecule has 1 aromatic rings. The van der Waals surface area contributed by atoms with E-state index in [0.717, 1.165) is 0 Å². The molecule has 0 saturated carbocycles. The van der Waals surface area contributed by atoms with E-state index >= 15 is 0 Å². The molecule has 9 heteroatoms. The molecule has 1 aromatic carbocycles. The van der Waals surface area contributed by atoms with Crippen LogP contribution in [0.3, 0.4) is 0 Å². The molecule has 0 aromatic heterocycles. The first-order valence-electron chi connectivity index (χ1n) is 5.40. The van der Waals surface area contributed by atoms with Gasteiger partial charge in [0.25, 0.3) is 0 Å². The Hall–Kier alpha value is -1.80. The maximum absolute atomic E-state index is 12.3. The summed E-state index contributed by atoms with van der Waals surface area (Å²) in [4.78, 5) is 12.1. The SMILES string of the molecule is O=C1[N]N=C(c2ccc(Cl)cc2)N1C[C@@H](O)C(F)(F)F. The molecular weight excluding hydrogens is 299 g/mol. The molecule has 107 valence electrons. The zero-order valence-corrected chi connectivity index (χ0v) is 10.6. The summed E-state index contributed by atoms with van der Waals surface area (Å²) in [7, 11) is 0. The fraction of sp³-hybridized carbons (Fsp3) is 0.273. The highest BCUT2D eigenvalue weighted by Crippen LogP contribution is 2.23. The highest BCUT2D eigenvalue weighted by molar-refractivity contribution is 6.30. The van der Waals surface area contributed by atoms with E-state index in [4.69, 9.17) is 16.7 Å². The highest BCUT2D eigenvalue weighted by Gasteiger charge is 2.42. The van der Waals surface area contributed by atoms with E-state index in [-0.39, 0.29) is 5.84 Å². The molecule has 0 spiro atoms. The third-order valence-electron chi connectivity index (χ3n) is 2.55. The number of urea groups is 1. The standard InChI is InChI=1S/C11H8ClF3N3O2/c12-7-3-1-6(2-4-7)9-16-17-10(20)18(9)5-8(19)11(13,14)15/h1-4,8,19H,5H2/t8-/m1/s1. The predicted octanol–water partition coefficient (Wildman–Crippen LogP) is 1.96. The van der Waals surface area contributed by atoms with Gasteiger partial charge in [0.1, 0.15) is 0 Å².